The number of hydrogen-bond acceptors (Lipinski definition) is 6. The average molecular weight is 459 g/mol. The molecule has 7 nitrogen and oxygen atoms in total. The number of furan rings is 1. The van der Waals surface area contributed by atoms with Crippen LogP contribution in [-0.4, -0.2) is 35.6 Å². The van der Waals surface area contributed by atoms with Gasteiger partial charge in [0.15, 0.2) is 5.82 Å². The highest BCUT2D eigenvalue weighted by atomic mass is 16.5. The largest absolute Gasteiger partial charge is 0.497 e. The Balaban J connectivity index is 1.72. The van der Waals surface area contributed by atoms with Crippen molar-refractivity contribution in [3.63, 3.8) is 0 Å². The van der Waals surface area contributed by atoms with Gasteiger partial charge in [0.25, 0.3) is 0 Å². The molecule has 1 N–H and O–H groups in total. The lowest BCUT2D eigenvalue weighted by atomic mass is 10.1. The molecule has 2 heterocycles. The fourth-order valence-electron chi connectivity index (χ4n) is 3.71. The molecule has 1 amide bonds. The van der Waals surface area contributed by atoms with E-state index in [0.29, 0.717) is 25.3 Å². The zero-order chi connectivity index (χ0) is 23.9. The first-order valence-corrected chi connectivity index (χ1v) is 11.5. The Bertz CT molecular complexity index is 1220. The maximum Gasteiger partial charge on any atom is 0.221 e. The number of anilines is 1. The van der Waals surface area contributed by atoms with E-state index in [9.17, 15) is 4.79 Å². The molecule has 0 aliphatic rings. The molecule has 0 spiro atoms. The summed E-state index contributed by atoms with van der Waals surface area (Å²) in [5.41, 5.74) is 1.73. The van der Waals surface area contributed by atoms with Crippen molar-refractivity contribution in [2.24, 2.45) is 0 Å². The highest BCUT2D eigenvalue weighted by molar-refractivity contribution is 5.91. The molecular formula is C27H30N4O3. The minimum atomic E-state index is 0.0209. The first-order chi connectivity index (χ1) is 16.6. The number of nitrogens with one attached hydrogen (secondary N) is 1. The highest BCUT2D eigenvalue weighted by Crippen LogP contribution is 2.29. The number of benzene rings is 2. The number of ether oxygens (including phenoxy) is 1. The van der Waals surface area contributed by atoms with E-state index in [-0.39, 0.29) is 11.9 Å². The number of fused-ring (bicyclic) bond motifs is 1. The highest BCUT2D eigenvalue weighted by Gasteiger charge is 2.18. The summed E-state index contributed by atoms with van der Waals surface area (Å²) in [5, 5.41) is 3.97. The molecule has 0 aliphatic carbocycles. The fraction of sp³-hybridized carbons (Fsp3) is 0.296. The van der Waals surface area contributed by atoms with Gasteiger partial charge in [-0.15, -0.1) is 0 Å². The van der Waals surface area contributed by atoms with Gasteiger partial charge in [-0.2, -0.15) is 0 Å². The molecule has 0 saturated carbocycles. The Hall–Kier alpha value is -3.87. The van der Waals surface area contributed by atoms with E-state index < -0.39 is 0 Å². The lowest BCUT2D eigenvalue weighted by Crippen LogP contribution is -2.35. The first kappa shape index (κ1) is 23.3. The van der Waals surface area contributed by atoms with Crippen LogP contribution in [0.2, 0.25) is 0 Å². The number of amides is 1. The number of hydrogen-bond donors (Lipinski definition) is 1. The van der Waals surface area contributed by atoms with E-state index in [4.69, 9.17) is 19.1 Å². The summed E-state index contributed by atoms with van der Waals surface area (Å²) in [6.45, 7) is 5.05. The topological polar surface area (TPSA) is 80.5 Å². The molecule has 1 atom stereocenters. The Morgan fingerprint density at radius 2 is 1.88 bits per heavy atom. The number of nitrogens with zero attached hydrogens (tertiary/aromatic N) is 3. The van der Waals surface area contributed by atoms with Crippen LogP contribution in [0.1, 0.15) is 32.4 Å². The van der Waals surface area contributed by atoms with Crippen molar-refractivity contribution in [3.8, 4) is 17.1 Å². The van der Waals surface area contributed by atoms with Crippen molar-refractivity contribution in [2.75, 3.05) is 18.6 Å². The molecule has 4 rings (SSSR count). The SMILES string of the molecule is CC[C@@H](C)NC(=O)CCN(Cc1ccco1)c1nc(-c2ccc(OC)cc2)nc2ccccc12. The maximum absolute atomic E-state index is 12.6. The number of carbonyl (C=O) groups excluding carboxylic acids is 1. The van der Waals surface area contributed by atoms with Crippen LogP contribution in [0.3, 0.4) is 0 Å². The van der Waals surface area contributed by atoms with Gasteiger partial charge in [0.1, 0.15) is 17.3 Å². The van der Waals surface area contributed by atoms with E-state index in [2.05, 4.69) is 17.1 Å². The van der Waals surface area contributed by atoms with Gasteiger partial charge in [-0.3, -0.25) is 4.79 Å². The maximum atomic E-state index is 12.6. The quantitative estimate of drug-likeness (QED) is 0.351. The lowest BCUT2D eigenvalue weighted by molar-refractivity contribution is -0.121. The van der Waals surface area contributed by atoms with E-state index in [1.807, 2.05) is 67.6 Å². The molecule has 0 unspecified atom stereocenters. The predicted octanol–water partition coefficient (Wildman–Crippen LogP) is 5.21. The second-order valence-corrected chi connectivity index (χ2v) is 8.24. The molecule has 7 heteroatoms. The zero-order valence-corrected chi connectivity index (χ0v) is 19.8. The Morgan fingerprint density at radius 3 is 2.59 bits per heavy atom. The minimum absolute atomic E-state index is 0.0209. The second-order valence-electron chi connectivity index (χ2n) is 8.24. The summed E-state index contributed by atoms with van der Waals surface area (Å²) < 4.78 is 10.9. The monoisotopic (exact) mass is 458 g/mol. The Morgan fingerprint density at radius 1 is 1.09 bits per heavy atom. The van der Waals surface area contributed by atoms with Gasteiger partial charge >= 0.3 is 0 Å². The zero-order valence-electron chi connectivity index (χ0n) is 19.8. The third-order valence-corrected chi connectivity index (χ3v) is 5.79. The van der Waals surface area contributed by atoms with Crippen molar-refractivity contribution in [3.05, 3.63) is 72.7 Å². The van der Waals surface area contributed by atoms with Gasteiger partial charge in [-0.25, -0.2) is 9.97 Å². The van der Waals surface area contributed by atoms with Gasteiger partial charge in [0.05, 0.1) is 25.4 Å². The molecule has 0 aliphatic heterocycles. The molecule has 2 aromatic carbocycles. The van der Waals surface area contributed by atoms with Crippen LogP contribution in [0.4, 0.5) is 5.82 Å². The van der Waals surface area contributed by atoms with Crippen molar-refractivity contribution in [1.29, 1.82) is 0 Å². The molecule has 0 saturated heterocycles. The molecular weight excluding hydrogens is 428 g/mol. The number of methoxy groups -OCH3 is 1. The summed E-state index contributed by atoms with van der Waals surface area (Å²) in [5.74, 6) is 2.98. The van der Waals surface area contributed by atoms with Gasteiger partial charge < -0.3 is 19.4 Å². The van der Waals surface area contributed by atoms with Crippen LogP contribution in [0, 0.1) is 0 Å². The summed E-state index contributed by atoms with van der Waals surface area (Å²) in [4.78, 5) is 24.4. The van der Waals surface area contributed by atoms with Crippen molar-refractivity contribution in [1.82, 2.24) is 15.3 Å². The van der Waals surface area contributed by atoms with E-state index in [0.717, 1.165) is 40.2 Å². The summed E-state index contributed by atoms with van der Waals surface area (Å²) in [7, 11) is 1.64. The van der Waals surface area contributed by atoms with Crippen LogP contribution >= 0.6 is 0 Å². The molecule has 0 bridgehead atoms. The normalized spacial score (nSPS) is 11.9. The number of aromatic nitrogens is 2. The third-order valence-electron chi connectivity index (χ3n) is 5.79. The van der Waals surface area contributed by atoms with E-state index in [1.54, 1.807) is 13.4 Å². The second kappa shape index (κ2) is 10.8. The third kappa shape index (κ3) is 5.54. The van der Waals surface area contributed by atoms with Gasteiger partial charge in [0.2, 0.25) is 5.91 Å². The molecule has 176 valence electrons. The molecule has 2 aromatic heterocycles. The van der Waals surface area contributed by atoms with Gasteiger partial charge in [0, 0.05) is 30.0 Å². The number of carbonyl (C=O) groups is 1. The summed E-state index contributed by atoms with van der Waals surface area (Å²) in [6.07, 6.45) is 2.90. The smallest absolute Gasteiger partial charge is 0.221 e. The van der Waals surface area contributed by atoms with Crippen LogP contribution in [0.5, 0.6) is 5.75 Å². The summed E-state index contributed by atoms with van der Waals surface area (Å²) >= 11 is 0. The van der Waals surface area contributed by atoms with Crippen LogP contribution in [-0.2, 0) is 11.3 Å². The molecule has 34 heavy (non-hydrogen) atoms. The predicted molar refractivity (Wildman–Crippen MR) is 134 cm³/mol. The van der Waals surface area contributed by atoms with Gasteiger partial charge in [-0.1, -0.05) is 19.1 Å². The number of rotatable bonds is 10. The Labute approximate surface area is 199 Å². The fourth-order valence-corrected chi connectivity index (χ4v) is 3.71. The average Bonchev–Trinajstić information content (AvgIpc) is 3.39. The van der Waals surface area contributed by atoms with Crippen molar-refractivity contribution < 1.29 is 13.9 Å². The first-order valence-electron chi connectivity index (χ1n) is 11.5. The molecule has 0 radical (unpaired) electrons. The Kier molecular flexibility index (Phi) is 7.42. The minimum Gasteiger partial charge on any atom is -0.497 e. The van der Waals surface area contributed by atoms with E-state index >= 15 is 0 Å². The van der Waals surface area contributed by atoms with Crippen LogP contribution in [0.15, 0.2) is 71.3 Å². The number of para-hydroxylation sites is 1. The molecule has 0 fully saturated rings. The van der Waals surface area contributed by atoms with Crippen molar-refractivity contribution >= 4 is 22.6 Å². The van der Waals surface area contributed by atoms with Crippen molar-refractivity contribution in [2.45, 2.75) is 39.3 Å². The molecule has 4 aromatic rings. The van der Waals surface area contributed by atoms with Gasteiger partial charge in [-0.05, 0) is 61.9 Å². The van der Waals surface area contributed by atoms with E-state index in [1.165, 1.54) is 0 Å². The van der Waals surface area contributed by atoms with Crippen LogP contribution < -0.4 is 15.0 Å². The lowest BCUT2D eigenvalue weighted by Gasteiger charge is -2.25. The van der Waals surface area contributed by atoms with Crippen LogP contribution in [0.25, 0.3) is 22.3 Å². The summed E-state index contributed by atoms with van der Waals surface area (Å²) in [6, 6.07) is 19.6. The standard InChI is InChI=1S/C27H30N4O3/c1-4-19(2)28-25(32)15-16-31(18-22-8-7-17-34-22)27-23-9-5-6-10-24(23)29-26(30-27)20-11-13-21(33-3)14-12-20/h5-14,17,19H,4,15-16,18H2,1-3H3,(H,28,32)/t19-/m1/s1.